The number of nitrogens with zero attached hydrogens (tertiary/aromatic N) is 4. The highest BCUT2D eigenvalue weighted by Gasteiger charge is 2.19. The molecule has 8 heteroatoms. The van der Waals surface area contributed by atoms with Crippen molar-refractivity contribution in [2.45, 2.75) is 46.4 Å². The van der Waals surface area contributed by atoms with Gasteiger partial charge in [0, 0.05) is 42.5 Å². The fraction of sp³-hybridized carbons (Fsp3) is 0.346. The lowest BCUT2D eigenvalue weighted by molar-refractivity contribution is 0.243. The number of hydrogen-bond donors (Lipinski definition) is 2. The van der Waals surface area contributed by atoms with Gasteiger partial charge < -0.3 is 25.2 Å². The van der Waals surface area contributed by atoms with Crippen LogP contribution in [0.15, 0.2) is 53.3 Å². The Balaban J connectivity index is 1.69. The molecule has 1 aliphatic heterocycles. The van der Waals surface area contributed by atoms with E-state index in [9.17, 15) is 0 Å². The van der Waals surface area contributed by atoms with Gasteiger partial charge in [-0.25, -0.2) is 9.97 Å². The van der Waals surface area contributed by atoms with Crippen LogP contribution in [0.3, 0.4) is 0 Å². The van der Waals surface area contributed by atoms with Gasteiger partial charge in [-0.3, -0.25) is 0 Å². The first kappa shape index (κ1) is 23.5. The molecule has 3 aromatic rings. The first-order chi connectivity index (χ1) is 16.4. The second-order valence-corrected chi connectivity index (χ2v) is 8.87. The van der Waals surface area contributed by atoms with Gasteiger partial charge >= 0.3 is 0 Å². The van der Waals surface area contributed by atoms with E-state index >= 15 is 0 Å². The molecule has 3 heterocycles. The third-order valence-corrected chi connectivity index (χ3v) is 5.49. The van der Waals surface area contributed by atoms with Gasteiger partial charge in [-0.1, -0.05) is 23.4 Å². The Bertz CT molecular complexity index is 1210. The quantitative estimate of drug-likeness (QED) is 0.506. The average molecular weight is 461 g/mol. The molecule has 0 amide bonds. The third-order valence-electron chi connectivity index (χ3n) is 5.49. The van der Waals surface area contributed by atoms with Gasteiger partial charge in [0.05, 0.1) is 18.0 Å². The second-order valence-electron chi connectivity index (χ2n) is 8.87. The first-order valence-corrected chi connectivity index (χ1v) is 11.5. The Morgan fingerprint density at radius 1 is 1.18 bits per heavy atom. The zero-order valence-electron chi connectivity index (χ0n) is 20.4. The van der Waals surface area contributed by atoms with Crippen molar-refractivity contribution in [2.75, 3.05) is 19.3 Å². The second kappa shape index (κ2) is 10.1. The molecule has 0 atom stereocenters. The van der Waals surface area contributed by atoms with Crippen LogP contribution in [0.2, 0.25) is 0 Å². The van der Waals surface area contributed by atoms with Crippen LogP contribution in [0, 0.1) is 0 Å². The van der Waals surface area contributed by atoms with Crippen molar-refractivity contribution in [1.82, 2.24) is 25.3 Å². The standard InChI is InChI=1S/C26H32N6O2/c1-16(2)32-10-6-7-19(15-32)22-14-29-26(27)25(30-22)24-12-21(31-34-24)20-9-8-18(13-28-5)11-23(20)33-17(3)4/h6-9,11-12,14-17,28H,10,13H2,1-5H3,(H2,27,29). The minimum atomic E-state index is 0.0235. The van der Waals surface area contributed by atoms with Crippen LogP contribution >= 0.6 is 0 Å². The Hall–Kier alpha value is -3.65. The first-order valence-electron chi connectivity index (χ1n) is 11.5. The Morgan fingerprint density at radius 3 is 2.74 bits per heavy atom. The maximum atomic E-state index is 6.18. The number of nitrogens with two attached hydrogens (primary N) is 1. The fourth-order valence-electron chi connectivity index (χ4n) is 3.76. The number of nitrogens with one attached hydrogen (secondary N) is 1. The summed E-state index contributed by atoms with van der Waals surface area (Å²) in [4.78, 5) is 11.4. The number of anilines is 1. The topological polar surface area (TPSA) is 102 Å². The summed E-state index contributed by atoms with van der Waals surface area (Å²) in [6, 6.07) is 8.28. The lowest BCUT2D eigenvalue weighted by Gasteiger charge is -2.27. The molecule has 0 fully saturated rings. The summed E-state index contributed by atoms with van der Waals surface area (Å²) >= 11 is 0. The monoisotopic (exact) mass is 460 g/mol. The molecule has 0 spiro atoms. The average Bonchev–Trinajstić information content (AvgIpc) is 3.29. The summed E-state index contributed by atoms with van der Waals surface area (Å²) in [6.07, 6.45) is 7.98. The van der Waals surface area contributed by atoms with E-state index in [1.54, 1.807) is 6.20 Å². The summed E-state index contributed by atoms with van der Waals surface area (Å²) < 4.78 is 11.7. The SMILES string of the molecule is CNCc1ccc(-c2cc(-c3nc(C4=CN(C(C)C)CC=C4)cnc3N)on2)c(OC(C)C)c1. The number of hydrogen-bond acceptors (Lipinski definition) is 8. The predicted molar refractivity (Wildman–Crippen MR) is 135 cm³/mol. The number of benzene rings is 1. The minimum absolute atomic E-state index is 0.0235. The highest BCUT2D eigenvalue weighted by atomic mass is 16.5. The zero-order valence-corrected chi connectivity index (χ0v) is 20.4. The lowest BCUT2D eigenvalue weighted by Crippen LogP contribution is -2.27. The van der Waals surface area contributed by atoms with Gasteiger partial charge in [-0.15, -0.1) is 0 Å². The molecule has 34 heavy (non-hydrogen) atoms. The molecule has 178 valence electrons. The van der Waals surface area contributed by atoms with E-state index < -0.39 is 0 Å². The van der Waals surface area contributed by atoms with Crippen molar-refractivity contribution in [2.24, 2.45) is 0 Å². The zero-order chi connectivity index (χ0) is 24.2. The molecule has 0 saturated heterocycles. The molecule has 0 aliphatic carbocycles. The van der Waals surface area contributed by atoms with E-state index in [0.29, 0.717) is 23.2 Å². The maximum Gasteiger partial charge on any atom is 0.189 e. The van der Waals surface area contributed by atoms with Crippen molar-refractivity contribution in [1.29, 1.82) is 0 Å². The molecule has 0 radical (unpaired) electrons. The highest BCUT2D eigenvalue weighted by molar-refractivity contribution is 5.77. The maximum absolute atomic E-state index is 6.18. The molecule has 8 nitrogen and oxygen atoms in total. The van der Waals surface area contributed by atoms with Gasteiger partial charge in [0.15, 0.2) is 17.3 Å². The van der Waals surface area contributed by atoms with Gasteiger partial charge in [-0.05, 0) is 52.4 Å². The van der Waals surface area contributed by atoms with Crippen molar-refractivity contribution < 1.29 is 9.26 Å². The van der Waals surface area contributed by atoms with Crippen LogP contribution in [-0.2, 0) is 6.54 Å². The van der Waals surface area contributed by atoms with Crippen molar-refractivity contribution >= 4 is 11.4 Å². The van der Waals surface area contributed by atoms with E-state index in [1.807, 2.05) is 45.2 Å². The fourth-order valence-corrected chi connectivity index (χ4v) is 3.76. The summed E-state index contributed by atoms with van der Waals surface area (Å²) in [5.74, 6) is 1.50. The third kappa shape index (κ3) is 5.12. The van der Waals surface area contributed by atoms with E-state index in [4.69, 9.17) is 20.0 Å². The van der Waals surface area contributed by atoms with E-state index in [1.165, 1.54) is 0 Å². The Morgan fingerprint density at radius 2 is 2.00 bits per heavy atom. The molecule has 4 rings (SSSR count). The number of allylic oxidation sites excluding steroid dienone is 2. The van der Waals surface area contributed by atoms with Crippen molar-refractivity contribution in [3.63, 3.8) is 0 Å². The van der Waals surface area contributed by atoms with E-state index in [0.717, 1.165) is 41.2 Å². The van der Waals surface area contributed by atoms with Crippen molar-refractivity contribution in [3.05, 3.63) is 60.1 Å². The highest BCUT2D eigenvalue weighted by Crippen LogP contribution is 2.35. The molecule has 3 N–H and O–H groups in total. The predicted octanol–water partition coefficient (Wildman–Crippen LogP) is 4.51. The van der Waals surface area contributed by atoms with E-state index in [2.05, 4.69) is 52.6 Å². The summed E-state index contributed by atoms with van der Waals surface area (Å²) in [5, 5.41) is 7.46. The van der Waals surface area contributed by atoms with Crippen LogP contribution in [0.25, 0.3) is 28.3 Å². The number of ether oxygens (including phenoxy) is 1. The van der Waals surface area contributed by atoms with Crippen LogP contribution in [0.5, 0.6) is 5.75 Å². The van der Waals surface area contributed by atoms with Crippen LogP contribution < -0.4 is 15.8 Å². The molecule has 0 saturated carbocycles. The van der Waals surface area contributed by atoms with Gasteiger partial charge in [0.25, 0.3) is 0 Å². The molecular formula is C26H32N6O2. The number of rotatable bonds is 8. The Labute approximate surface area is 200 Å². The molecule has 1 aromatic carbocycles. The Kier molecular flexibility index (Phi) is 6.98. The van der Waals surface area contributed by atoms with Crippen LogP contribution in [-0.4, -0.2) is 45.8 Å². The summed E-state index contributed by atoms with van der Waals surface area (Å²) in [6.45, 7) is 9.93. The van der Waals surface area contributed by atoms with Crippen LogP contribution in [0.4, 0.5) is 5.82 Å². The van der Waals surface area contributed by atoms with Gasteiger partial charge in [0.2, 0.25) is 0 Å². The summed E-state index contributed by atoms with van der Waals surface area (Å²) in [7, 11) is 1.92. The molecule has 0 unspecified atom stereocenters. The van der Waals surface area contributed by atoms with Gasteiger partial charge in [0.1, 0.15) is 11.4 Å². The molecule has 1 aliphatic rings. The van der Waals surface area contributed by atoms with Gasteiger partial charge in [-0.2, -0.15) is 0 Å². The number of nitrogen functional groups attached to an aromatic ring is 1. The van der Waals surface area contributed by atoms with E-state index in [-0.39, 0.29) is 11.9 Å². The van der Waals surface area contributed by atoms with Crippen molar-refractivity contribution in [3.8, 4) is 28.5 Å². The summed E-state index contributed by atoms with van der Waals surface area (Å²) in [5.41, 5.74) is 11.0. The minimum Gasteiger partial charge on any atom is -0.490 e. The molecule has 2 aromatic heterocycles. The largest absolute Gasteiger partial charge is 0.490 e. The smallest absolute Gasteiger partial charge is 0.189 e. The molecular weight excluding hydrogens is 428 g/mol. The molecule has 0 bridgehead atoms. The van der Waals surface area contributed by atoms with Crippen LogP contribution in [0.1, 0.15) is 39.0 Å². The number of aromatic nitrogens is 3. The lowest BCUT2D eigenvalue weighted by atomic mass is 10.1. The normalized spacial score (nSPS) is 13.6.